The summed E-state index contributed by atoms with van der Waals surface area (Å²) >= 11 is 0. The Balaban J connectivity index is 1.77. The second-order valence-electron chi connectivity index (χ2n) is 6.88. The van der Waals surface area contributed by atoms with Gasteiger partial charge in [0.25, 0.3) is 0 Å². The summed E-state index contributed by atoms with van der Waals surface area (Å²) in [4.78, 5) is 17.0. The van der Waals surface area contributed by atoms with Gasteiger partial charge in [-0.15, -0.1) is 0 Å². The Bertz CT molecular complexity index is 1120. The molecule has 5 heteroatoms. The number of aromatic nitrogens is 3. The third-order valence-corrected chi connectivity index (χ3v) is 4.68. The van der Waals surface area contributed by atoms with Crippen molar-refractivity contribution in [1.82, 2.24) is 14.8 Å². The van der Waals surface area contributed by atoms with Crippen LogP contribution in [0.25, 0.3) is 11.8 Å². The molecule has 1 heterocycles. The Labute approximate surface area is 175 Å². The Kier molecular flexibility index (Phi) is 5.80. The first kappa shape index (κ1) is 19.3. The molecule has 0 aliphatic heterocycles. The lowest BCUT2D eigenvalue weighted by atomic mass is 10.0. The Morgan fingerprint density at radius 1 is 0.933 bits per heavy atom. The largest absolute Gasteiger partial charge is 0.447 e. The van der Waals surface area contributed by atoms with E-state index in [1.807, 2.05) is 85.8 Å². The summed E-state index contributed by atoms with van der Waals surface area (Å²) in [5, 5.41) is 4.30. The number of carbonyl (C=O) groups is 1. The SMILES string of the molecule is Cc1ccc(C(=O)OC(/C(=C\c2ccccc2)n2cncn2)c2ccccc2)cc1. The smallest absolute Gasteiger partial charge is 0.339 e. The van der Waals surface area contributed by atoms with E-state index in [-0.39, 0.29) is 0 Å². The molecule has 4 rings (SSSR count). The highest BCUT2D eigenvalue weighted by Gasteiger charge is 2.24. The number of esters is 1. The van der Waals surface area contributed by atoms with Gasteiger partial charge in [0, 0.05) is 0 Å². The quantitative estimate of drug-likeness (QED) is 0.422. The number of ether oxygens (including phenoxy) is 1. The van der Waals surface area contributed by atoms with Gasteiger partial charge < -0.3 is 4.74 Å². The van der Waals surface area contributed by atoms with E-state index >= 15 is 0 Å². The molecule has 0 saturated carbocycles. The van der Waals surface area contributed by atoms with Crippen LogP contribution in [0.5, 0.6) is 0 Å². The van der Waals surface area contributed by atoms with Crippen LogP contribution in [0.2, 0.25) is 0 Å². The van der Waals surface area contributed by atoms with Crippen LogP contribution in [0.4, 0.5) is 0 Å². The molecule has 30 heavy (non-hydrogen) atoms. The maximum absolute atomic E-state index is 13.0. The van der Waals surface area contributed by atoms with Gasteiger partial charge in [0.05, 0.1) is 11.3 Å². The van der Waals surface area contributed by atoms with E-state index in [4.69, 9.17) is 4.74 Å². The zero-order valence-electron chi connectivity index (χ0n) is 16.6. The van der Waals surface area contributed by atoms with E-state index in [1.165, 1.54) is 6.33 Å². The molecular weight excluding hydrogens is 374 g/mol. The third-order valence-electron chi connectivity index (χ3n) is 4.68. The molecule has 1 atom stereocenters. The molecule has 4 aromatic rings. The van der Waals surface area contributed by atoms with Gasteiger partial charge in [-0.3, -0.25) is 0 Å². The Hall–Kier alpha value is -3.99. The standard InChI is InChI=1S/C25H21N3O2/c1-19-12-14-22(15-13-19)25(29)30-24(21-10-6-3-7-11-21)23(28-18-26-17-27-28)16-20-8-4-2-5-9-20/h2-18,24H,1H3/b23-16+. The van der Waals surface area contributed by atoms with Crippen molar-refractivity contribution in [1.29, 1.82) is 0 Å². The second-order valence-corrected chi connectivity index (χ2v) is 6.88. The lowest BCUT2D eigenvalue weighted by Crippen LogP contribution is -2.17. The van der Waals surface area contributed by atoms with E-state index < -0.39 is 12.1 Å². The fourth-order valence-electron chi connectivity index (χ4n) is 3.12. The maximum Gasteiger partial charge on any atom is 0.339 e. The number of nitrogens with zero attached hydrogens (tertiary/aromatic N) is 3. The molecule has 0 bridgehead atoms. The van der Waals surface area contributed by atoms with Crippen LogP contribution >= 0.6 is 0 Å². The molecule has 0 amide bonds. The Morgan fingerprint density at radius 2 is 1.60 bits per heavy atom. The molecule has 0 spiro atoms. The van der Waals surface area contributed by atoms with Gasteiger partial charge in [-0.05, 0) is 36.3 Å². The number of aryl methyl sites for hydroxylation is 1. The molecule has 5 nitrogen and oxygen atoms in total. The minimum absolute atomic E-state index is 0.400. The van der Waals surface area contributed by atoms with Crippen molar-refractivity contribution in [3.8, 4) is 0 Å². The zero-order chi connectivity index (χ0) is 20.8. The van der Waals surface area contributed by atoms with Gasteiger partial charge in [-0.1, -0.05) is 78.4 Å². The van der Waals surface area contributed by atoms with Crippen LogP contribution in [0.1, 0.15) is 33.2 Å². The van der Waals surface area contributed by atoms with Gasteiger partial charge in [0.2, 0.25) is 0 Å². The topological polar surface area (TPSA) is 57.0 Å². The average molecular weight is 395 g/mol. The first-order valence-electron chi connectivity index (χ1n) is 9.65. The fourth-order valence-corrected chi connectivity index (χ4v) is 3.12. The predicted molar refractivity (Wildman–Crippen MR) is 116 cm³/mol. The van der Waals surface area contributed by atoms with Crippen LogP contribution < -0.4 is 0 Å². The van der Waals surface area contributed by atoms with Crippen LogP contribution in [0, 0.1) is 6.92 Å². The monoisotopic (exact) mass is 395 g/mol. The van der Waals surface area contributed by atoms with Crippen LogP contribution in [-0.4, -0.2) is 20.7 Å². The summed E-state index contributed by atoms with van der Waals surface area (Å²) in [6.45, 7) is 1.98. The highest BCUT2D eigenvalue weighted by atomic mass is 16.5. The van der Waals surface area contributed by atoms with Crippen LogP contribution in [0.15, 0.2) is 97.6 Å². The summed E-state index contributed by atoms with van der Waals surface area (Å²) in [5.74, 6) is -0.400. The first-order chi connectivity index (χ1) is 14.7. The van der Waals surface area contributed by atoms with E-state index in [0.717, 1.165) is 16.7 Å². The van der Waals surface area contributed by atoms with Crippen LogP contribution in [-0.2, 0) is 4.74 Å². The predicted octanol–water partition coefficient (Wildman–Crippen LogP) is 5.18. The maximum atomic E-state index is 13.0. The summed E-state index contributed by atoms with van der Waals surface area (Å²) < 4.78 is 7.66. The van der Waals surface area contributed by atoms with Gasteiger partial charge in [0.15, 0.2) is 6.10 Å². The van der Waals surface area contributed by atoms with E-state index in [9.17, 15) is 4.79 Å². The number of hydrogen-bond donors (Lipinski definition) is 0. The second kappa shape index (κ2) is 9.01. The van der Waals surface area contributed by atoms with E-state index in [0.29, 0.717) is 11.3 Å². The highest BCUT2D eigenvalue weighted by Crippen LogP contribution is 2.31. The number of benzene rings is 3. The first-order valence-corrected chi connectivity index (χ1v) is 9.65. The minimum Gasteiger partial charge on any atom is -0.447 e. The van der Waals surface area contributed by atoms with Crippen molar-refractivity contribution in [3.63, 3.8) is 0 Å². The zero-order valence-corrected chi connectivity index (χ0v) is 16.6. The number of carbonyl (C=O) groups excluding carboxylic acids is 1. The summed E-state index contributed by atoms with van der Waals surface area (Å²) in [6, 6.07) is 26.8. The van der Waals surface area contributed by atoms with Crippen molar-refractivity contribution < 1.29 is 9.53 Å². The molecular formula is C25H21N3O2. The number of hydrogen-bond acceptors (Lipinski definition) is 4. The van der Waals surface area contributed by atoms with Crippen molar-refractivity contribution in [2.75, 3.05) is 0 Å². The lowest BCUT2D eigenvalue weighted by Gasteiger charge is -2.22. The third kappa shape index (κ3) is 4.52. The molecule has 148 valence electrons. The molecule has 1 unspecified atom stereocenters. The van der Waals surface area contributed by atoms with Crippen molar-refractivity contribution in [2.45, 2.75) is 13.0 Å². The van der Waals surface area contributed by atoms with Gasteiger partial charge in [0.1, 0.15) is 12.7 Å². The normalized spacial score (nSPS) is 12.4. The Morgan fingerprint density at radius 3 is 2.23 bits per heavy atom. The van der Waals surface area contributed by atoms with Crippen molar-refractivity contribution >= 4 is 17.7 Å². The molecule has 0 aliphatic rings. The average Bonchev–Trinajstić information content (AvgIpc) is 3.32. The summed E-state index contributed by atoms with van der Waals surface area (Å²) in [7, 11) is 0. The van der Waals surface area contributed by atoms with Crippen LogP contribution in [0.3, 0.4) is 0 Å². The minimum atomic E-state index is -0.665. The van der Waals surface area contributed by atoms with E-state index in [1.54, 1.807) is 23.1 Å². The highest BCUT2D eigenvalue weighted by molar-refractivity contribution is 5.90. The molecule has 0 aliphatic carbocycles. The van der Waals surface area contributed by atoms with Gasteiger partial charge >= 0.3 is 5.97 Å². The fraction of sp³-hybridized carbons (Fsp3) is 0.0800. The molecule has 0 saturated heterocycles. The lowest BCUT2D eigenvalue weighted by molar-refractivity contribution is 0.0399. The molecule has 0 N–H and O–H groups in total. The molecule has 0 fully saturated rings. The van der Waals surface area contributed by atoms with Gasteiger partial charge in [-0.2, -0.15) is 5.10 Å². The summed E-state index contributed by atoms with van der Waals surface area (Å²) in [5.41, 5.74) is 4.08. The number of rotatable bonds is 6. The molecule has 1 aromatic heterocycles. The van der Waals surface area contributed by atoms with Crippen molar-refractivity contribution in [3.05, 3.63) is 120 Å². The van der Waals surface area contributed by atoms with Gasteiger partial charge in [-0.25, -0.2) is 14.5 Å². The van der Waals surface area contributed by atoms with Crippen molar-refractivity contribution in [2.24, 2.45) is 0 Å². The summed E-state index contributed by atoms with van der Waals surface area (Å²) in [6.07, 6.45) is 4.35. The van der Waals surface area contributed by atoms with E-state index in [2.05, 4.69) is 10.1 Å². The molecule has 3 aromatic carbocycles. The molecule has 0 radical (unpaired) electrons.